The zero-order chi connectivity index (χ0) is 29.4. The van der Waals surface area contributed by atoms with Crippen molar-refractivity contribution in [3.05, 3.63) is 12.2 Å². The molecule has 0 fully saturated rings. The molecule has 0 heterocycles. The van der Waals surface area contributed by atoms with Gasteiger partial charge in [-0.3, -0.25) is 9.59 Å². The molecule has 0 unspecified atom stereocenters. The maximum Gasteiger partial charge on any atom is 0.408 e. The predicted octanol–water partition coefficient (Wildman–Crippen LogP) is 7.28. The van der Waals surface area contributed by atoms with Gasteiger partial charge in [-0.25, -0.2) is 9.59 Å². The lowest BCUT2D eigenvalue weighted by atomic mass is 10.1. The number of ether oxygens (including phenoxy) is 3. The molecule has 0 aliphatic rings. The number of rotatable bonds is 22. The molecule has 1 atom stereocenters. The third-order valence-electron chi connectivity index (χ3n) is 5.99. The lowest BCUT2D eigenvalue weighted by Crippen LogP contribution is -2.45. The van der Waals surface area contributed by atoms with Gasteiger partial charge in [-0.05, 0) is 59.3 Å². The van der Waals surface area contributed by atoms with Crippen LogP contribution in [-0.4, -0.2) is 54.8 Å². The Morgan fingerprint density at radius 2 is 1.21 bits per heavy atom. The molecule has 226 valence electrons. The number of allylic oxidation sites excluding steroid dienone is 2. The molecule has 0 aromatic carbocycles. The average molecular weight is 572 g/mol. The fourth-order valence-electron chi connectivity index (χ4n) is 3.82. The number of carbonyl (C=O) groups is 4. The lowest BCUT2D eigenvalue weighted by Gasteiger charge is -2.22. The number of amides is 1. The van der Waals surface area contributed by atoms with E-state index >= 15 is 0 Å². The zero-order valence-electron chi connectivity index (χ0n) is 25.0. The molecule has 0 spiro atoms. The quantitative estimate of drug-likeness (QED) is 0.0625. The summed E-state index contributed by atoms with van der Waals surface area (Å²) in [5.41, 5.74) is -0.680. The molecular weight excluding hydrogens is 518 g/mol. The van der Waals surface area contributed by atoms with Crippen LogP contribution in [0.1, 0.15) is 124 Å². The van der Waals surface area contributed by atoms with Crippen molar-refractivity contribution in [1.82, 2.24) is 5.32 Å². The molecule has 0 saturated carbocycles. The highest BCUT2D eigenvalue weighted by Gasteiger charge is 2.25. The summed E-state index contributed by atoms with van der Waals surface area (Å²) < 4.78 is 14.6. The van der Waals surface area contributed by atoms with E-state index in [-0.39, 0.29) is 16.8 Å². The first-order valence-electron chi connectivity index (χ1n) is 14.5. The number of thioether (sulfide) groups is 1. The summed E-state index contributed by atoms with van der Waals surface area (Å²) in [6.07, 6.45) is 20.6. The Hall–Kier alpha value is -2.03. The normalized spacial score (nSPS) is 12.2. The Bertz CT molecular complexity index is 719. The molecule has 0 aromatic heterocycles. The van der Waals surface area contributed by atoms with Crippen LogP contribution in [0.4, 0.5) is 4.79 Å². The van der Waals surface area contributed by atoms with Gasteiger partial charge in [0.25, 0.3) is 0 Å². The molecule has 0 bridgehead atoms. The number of unbranched alkanes of at least 4 members (excludes halogenated alkanes) is 12. The molecular formula is C30H53NO7S. The van der Waals surface area contributed by atoms with Gasteiger partial charge >= 0.3 is 18.0 Å². The molecule has 0 aliphatic carbocycles. The van der Waals surface area contributed by atoms with E-state index in [2.05, 4.69) is 22.2 Å². The summed E-state index contributed by atoms with van der Waals surface area (Å²) in [5, 5.41) is 2.50. The molecule has 0 saturated heterocycles. The minimum absolute atomic E-state index is 0.0126. The number of alkyl carbamates (subject to hydrolysis) is 1. The van der Waals surface area contributed by atoms with Gasteiger partial charge < -0.3 is 19.5 Å². The summed E-state index contributed by atoms with van der Waals surface area (Å²) in [6, 6.07) is -0.928. The zero-order valence-corrected chi connectivity index (χ0v) is 25.8. The maximum absolute atomic E-state index is 12.2. The molecule has 8 nitrogen and oxygen atoms in total. The molecule has 1 N–H and O–H groups in total. The highest BCUT2D eigenvalue weighted by molar-refractivity contribution is 8.13. The van der Waals surface area contributed by atoms with Crippen molar-refractivity contribution in [3.8, 4) is 0 Å². The first-order valence-corrected chi connectivity index (χ1v) is 15.5. The van der Waals surface area contributed by atoms with Crippen LogP contribution in [-0.2, 0) is 28.6 Å². The van der Waals surface area contributed by atoms with Gasteiger partial charge in [0, 0.05) is 18.6 Å². The Kier molecular flexibility index (Phi) is 22.6. The third kappa shape index (κ3) is 24.7. The fourth-order valence-corrected chi connectivity index (χ4v) is 4.68. The number of hydrogen-bond donors (Lipinski definition) is 1. The second kappa shape index (κ2) is 23.8. The van der Waals surface area contributed by atoms with Gasteiger partial charge in [0.05, 0.1) is 14.2 Å². The highest BCUT2D eigenvalue weighted by Crippen LogP contribution is 2.15. The third-order valence-corrected chi connectivity index (χ3v) is 7.01. The van der Waals surface area contributed by atoms with E-state index in [1.54, 1.807) is 20.8 Å². The molecule has 0 radical (unpaired) electrons. The fraction of sp³-hybridized carbons (Fsp3) is 0.800. The number of esters is 2. The first kappa shape index (κ1) is 37.0. The van der Waals surface area contributed by atoms with Crippen molar-refractivity contribution < 1.29 is 33.4 Å². The van der Waals surface area contributed by atoms with Crippen LogP contribution in [0.3, 0.4) is 0 Å². The minimum Gasteiger partial charge on any atom is -0.469 e. The van der Waals surface area contributed by atoms with Crippen molar-refractivity contribution in [1.29, 1.82) is 0 Å². The number of methoxy groups -OCH3 is 2. The van der Waals surface area contributed by atoms with Crippen molar-refractivity contribution in [2.24, 2.45) is 0 Å². The van der Waals surface area contributed by atoms with Gasteiger partial charge in [0.2, 0.25) is 0 Å². The van der Waals surface area contributed by atoms with Crippen LogP contribution in [0.2, 0.25) is 0 Å². The first-order chi connectivity index (χ1) is 18.6. The SMILES string of the molecule is COC(=O)CCCCCCCC/C=C/CCCCCCCCC(=O)SC[C@H](NC(=O)OC(C)(C)C)C(=O)OC. The Balaban J connectivity index is 3.69. The molecule has 0 aromatic rings. The molecule has 39 heavy (non-hydrogen) atoms. The van der Waals surface area contributed by atoms with Gasteiger partial charge in [-0.2, -0.15) is 0 Å². The second-order valence-corrected chi connectivity index (χ2v) is 11.8. The van der Waals surface area contributed by atoms with Crippen LogP contribution in [0.15, 0.2) is 12.2 Å². The Morgan fingerprint density at radius 1 is 0.718 bits per heavy atom. The van der Waals surface area contributed by atoms with E-state index in [0.29, 0.717) is 12.8 Å². The monoisotopic (exact) mass is 571 g/mol. The Labute approximate surface area is 240 Å². The Morgan fingerprint density at radius 3 is 1.69 bits per heavy atom. The van der Waals surface area contributed by atoms with Crippen molar-refractivity contribution in [2.75, 3.05) is 20.0 Å². The van der Waals surface area contributed by atoms with Gasteiger partial charge in [0.1, 0.15) is 11.6 Å². The summed E-state index contributed by atoms with van der Waals surface area (Å²) in [5.74, 6) is -0.587. The lowest BCUT2D eigenvalue weighted by molar-refractivity contribution is -0.142. The van der Waals surface area contributed by atoms with Crippen molar-refractivity contribution in [2.45, 2.75) is 135 Å². The standard InChI is InChI=1S/C30H53NO7S/c1-30(2,3)38-29(35)31-25(28(34)37-5)24-39-27(33)23-21-19-17-15-13-11-9-7-6-8-10-12-14-16-18-20-22-26(32)36-4/h6-7,25H,8-24H2,1-5H3,(H,31,35)/b7-6+/t25-/m0/s1. The molecule has 1 amide bonds. The number of nitrogens with one attached hydrogen (secondary N) is 1. The van der Waals surface area contributed by atoms with Crippen LogP contribution in [0.5, 0.6) is 0 Å². The molecule has 9 heteroatoms. The van der Waals surface area contributed by atoms with Crippen molar-refractivity contribution >= 4 is 34.9 Å². The maximum atomic E-state index is 12.2. The van der Waals surface area contributed by atoms with Crippen LogP contribution >= 0.6 is 11.8 Å². The highest BCUT2D eigenvalue weighted by atomic mass is 32.2. The molecule has 0 rings (SSSR count). The van der Waals surface area contributed by atoms with Gasteiger partial charge in [0.15, 0.2) is 5.12 Å². The van der Waals surface area contributed by atoms with Crippen LogP contribution < -0.4 is 5.32 Å². The molecule has 0 aliphatic heterocycles. The topological polar surface area (TPSA) is 108 Å². The summed E-state index contributed by atoms with van der Waals surface area (Å²) in [7, 11) is 2.69. The van der Waals surface area contributed by atoms with Crippen molar-refractivity contribution in [3.63, 3.8) is 0 Å². The van der Waals surface area contributed by atoms with Gasteiger partial charge in [-0.15, -0.1) is 0 Å². The largest absolute Gasteiger partial charge is 0.469 e. The minimum atomic E-state index is -0.928. The predicted molar refractivity (Wildman–Crippen MR) is 158 cm³/mol. The number of hydrogen-bond acceptors (Lipinski definition) is 8. The van der Waals surface area contributed by atoms with Crippen LogP contribution in [0.25, 0.3) is 0 Å². The van der Waals surface area contributed by atoms with E-state index in [9.17, 15) is 19.2 Å². The van der Waals surface area contributed by atoms with Crippen LogP contribution in [0, 0.1) is 0 Å². The summed E-state index contributed by atoms with van der Waals surface area (Å²) in [6.45, 7) is 5.21. The van der Waals surface area contributed by atoms with E-state index in [4.69, 9.17) is 9.47 Å². The van der Waals surface area contributed by atoms with E-state index < -0.39 is 23.7 Å². The van der Waals surface area contributed by atoms with E-state index in [1.807, 2.05) is 0 Å². The second-order valence-electron chi connectivity index (χ2n) is 10.8. The smallest absolute Gasteiger partial charge is 0.408 e. The summed E-state index contributed by atoms with van der Waals surface area (Å²) >= 11 is 1.05. The van der Waals surface area contributed by atoms with E-state index in [0.717, 1.165) is 56.7 Å². The average Bonchev–Trinajstić information content (AvgIpc) is 2.88. The van der Waals surface area contributed by atoms with Gasteiger partial charge in [-0.1, -0.05) is 75.3 Å². The number of carbonyl (C=O) groups excluding carboxylic acids is 4. The summed E-state index contributed by atoms with van der Waals surface area (Å²) in [4.78, 5) is 47.1. The van der Waals surface area contributed by atoms with E-state index in [1.165, 1.54) is 59.2 Å².